The number of alkyl halides is 2. The van der Waals surface area contributed by atoms with Crippen LogP contribution in [0.5, 0.6) is 0 Å². The van der Waals surface area contributed by atoms with Gasteiger partial charge in [0.25, 0.3) is 6.43 Å². The van der Waals surface area contributed by atoms with Crippen LogP contribution in [0.3, 0.4) is 0 Å². The van der Waals surface area contributed by atoms with E-state index in [0.717, 1.165) is 16.6 Å². The second-order valence-corrected chi connectivity index (χ2v) is 12.2. The van der Waals surface area contributed by atoms with Crippen LogP contribution in [0.2, 0.25) is 0 Å². The SMILES string of the molecule is Cn1ccc2c(C(Nc3cc(C#N)c4ncc(C#N)c(NCC(C)(C)C)c4c3)c3cn(C4(C(F)F)CC4)nn3)ccnc21. The van der Waals surface area contributed by atoms with Gasteiger partial charge in [-0.3, -0.25) is 4.98 Å². The van der Waals surface area contributed by atoms with Gasteiger partial charge in [-0.1, -0.05) is 26.0 Å². The van der Waals surface area contributed by atoms with E-state index in [9.17, 15) is 19.3 Å². The van der Waals surface area contributed by atoms with Gasteiger partial charge in [-0.15, -0.1) is 5.10 Å². The maximum atomic E-state index is 13.9. The molecule has 1 aliphatic rings. The smallest absolute Gasteiger partial charge is 0.263 e. The van der Waals surface area contributed by atoms with Crippen LogP contribution in [0.25, 0.3) is 21.9 Å². The number of anilines is 2. The minimum atomic E-state index is -2.56. The number of nitriles is 2. The van der Waals surface area contributed by atoms with E-state index in [4.69, 9.17) is 0 Å². The number of hydrogen-bond donors (Lipinski definition) is 2. The summed E-state index contributed by atoms with van der Waals surface area (Å²) in [5.74, 6) is 0. The van der Waals surface area contributed by atoms with Crippen molar-refractivity contribution in [3.63, 3.8) is 0 Å². The molecule has 1 atom stereocenters. The number of fused-ring (bicyclic) bond motifs is 2. The first-order valence-corrected chi connectivity index (χ1v) is 13.9. The maximum absolute atomic E-state index is 13.9. The molecule has 10 nitrogen and oxygen atoms in total. The molecular weight excluding hydrogens is 550 g/mol. The average molecular weight is 581 g/mol. The van der Waals surface area contributed by atoms with Crippen LogP contribution in [0.15, 0.2) is 49.1 Å². The summed E-state index contributed by atoms with van der Waals surface area (Å²) in [5.41, 5.74) is 2.89. The van der Waals surface area contributed by atoms with Crippen molar-refractivity contribution in [2.45, 2.75) is 51.6 Å². The highest BCUT2D eigenvalue weighted by atomic mass is 19.3. The third kappa shape index (κ3) is 4.99. The number of aromatic nitrogens is 6. The molecule has 43 heavy (non-hydrogen) atoms. The third-order valence-electron chi connectivity index (χ3n) is 7.86. The average Bonchev–Trinajstić information content (AvgIpc) is 3.50. The minimum Gasteiger partial charge on any atom is -0.383 e. The molecule has 0 saturated heterocycles. The first kappa shape index (κ1) is 28.0. The number of benzene rings is 1. The molecule has 1 aliphatic carbocycles. The van der Waals surface area contributed by atoms with E-state index in [2.05, 4.69) is 63.8 Å². The van der Waals surface area contributed by atoms with Gasteiger partial charge in [0.05, 0.1) is 34.6 Å². The maximum Gasteiger partial charge on any atom is 0.263 e. The molecule has 5 aromatic rings. The summed E-state index contributed by atoms with van der Waals surface area (Å²) < 4.78 is 31.1. The molecule has 6 rings (SSSR count). The van der Waals surface area contributed by atoms with Crippen molar-refractivity contribution in [3.05, 3.63) is 71.4 Å². The first-order valence-electron chi connectivity index (χ1n) is 13.9. The van der Waals surface area contributed by atoms with E-state index >= 15 is 0 Å². The molecule has 1 unspecified atom stereocenters. The molecule has 0 bridgehead atoms. The molecule has 0 spiro atoms. The van der Waals surface area contributed by atoms with E-state index in [1.165, 1.54) is 10.9 Å². The summed E-state index contributed by atoms with van der Waals surface area (Å²) in [6, 6.07) is 11.2. The van der Waals surface area contributed by atoms with Crippen molar-refractivity contribution in [1.29, 1.82) is 10.5 Å². The van der Waals surface area contributed by atoms with E-state index in [-0.39, 0.29) is 5.41 Å². The molecule has 218 valence electrons. The Labute approximate surface area is 247 Å². The largest absolute Gasteiger partial charge is 0.383 e. The fraction of sp³-hybridized carbons (Fsp3) is 0.355. The highest BCUT2D eigenvalue weighted by Gasteiger charge is 2.54. The van der Waals surface area contributed by atoms with Gasteiger partial charge in [0.2, 0.25) is 0 Å². The topological polar surface area (TPSA) is 133 Å². The lowest BCUT2D eigenvalue weighted by Gasteiger charge is -2.22. The molecule has 2 N–H and O–H groups in total. The minimum absolute atomic E-state index is 0.0767. The van der Waals surface area contributed by atoms with Crippen molar-refractivity contribution in [2.75, 3.05) is 17.2 Å². The summed E-state index contributed by atoms with van der Waals surface area (Å²) in [5, 5.41) is 36.8. The summed E-state index contributed by atoms with van der Waals surface area (Å²) in [7, 11) is 1.89. The molecular formula is C31H30F2N10. The summed E-state index contributed by atoms with van der Waals surface area (Å²) in [4.78, 5) is 8.95. The number of rotatable bonds is 8. The van der Waals surface area contributed by atoms with Crippen LogP contribution in [-0.4, -0.2) is 42.5 Å². The van der Waals surface area contributed by atoms with Crippen LogP contribution < -0.4 is 10.6 Å². The second kappa shape index (κ2) is 10.3. The molecule has 0 aliphatic heterocycles. The van der Waals surface area contributed by atoms with Gasteiger partial charge < -0.3 is 15.2 Å². The Hall–Kier alpha value is -5.10. The predicted octanol–water partition coefficient (Wildman–Crippen LogP) is 5.87. The molecule has 1 aromatic carbocycles. The number of nitrogens with zero attached hydrogens (tertiary/aromatic N) is 8. The van der Waals surface area contributed by atoms with E-state index in [1.54, 1.807) is 18.5 Å². The molecule has 4 heterocycles. The van der Waals surface area contributed by atoms with E-state index < -0.39 is 18.0 Å². The Kier molecular flexibility index (Phi) is 6.73. The molecule has 1 fully saturated rings. The van der Waals surface area contributed by atoms with Crippen molar-refractivity contribution < 1.29 is 8.78 Å². The Bertz CT molecular complexity index is 1930. The van der Waals surface area contributed by atoms with Gasteiger partial charge in [0, 0.05) is 48.6 Å². The lowest BCUT2D eigenvalue weighted by atomic mass is 9.96. The molecule has 0 amide bonds. The molecule has 12 heteroatoms. The van der Waals surface area contributed by atoms with Crippen molar-refractivity contribution in [1.82, 2.24) is 29.5 Å². The van der Waals surface area contributed by atoms with Crippen molar-refractivity contribution >= 4 is 33.3 Å². The molecule has 1 saturated carbocycles. The monoisotopic (exact) mass is 580 g/mol. The Morgan fingerprint density at radius 3 is 2.51 bits per heavy atom. The Morgan fingerprint density at radius 1 is 1.07 bits per heavy atom. The zero-order valence-corrected chi connectivity index (χ0v) is 24.2. The van der Waals surface area contributed by atoms with Crippen LogP contribution in [-0.2, 0) is 12.6 Å². The van der Waals surface area contributed by atoms with Crippen LogP contribution >= 0.6 is 0 Å². The van der Waals surface area contributed by atoms with Crippen LogP contribution in [0, 0.1) is 28.1 Å². The van der Waals surface area contributed by atoms with Gasteiger partial charge in [-0.2, -0.15) is 10.5 Å². The number of halogens is 2. The highest BCUT2D eigenvalue weighted by molar-refractivity contribution is 5.99. The first-order chi connectivity index (χ1) is 20.5. The number of hydrogen-bond acceptors (Lipinski definition) is 8. The standard InChI is InChI=1S/C31H30F2N10/c1-30(2,3)17-38-26-19(14-35)15-37-25-18(13-34)11-20(12-23(25)26)39-27(21-5-9-36-28-22(21)6-10-42(28)4)24-16-43(41-40-24)31(7-8-31)29(32)33/h5-6,9-12,15-16,27,29,39H,7-8,17H2,1-4H3,(H,37,38). The number of aryl methyl sites for hydroxylation is 1. The van der Waals surface area contributed by atoms with E-state index in [0.29, 0.717) is 58.5 Å². The van der Waals surface area contributed by atoms with Gasteiger partial charge >= 0.3 is 0 Å². The Morgan fingerprint density at radius 2 is 1.84 bits per heavy atom. The zero-order valence-electron chi connectivity index (χ0n) is 24.2. The summed E-state index contributed by atoms with van der Waals surface area (Å²) >= 11 is 0. The number of pyridine rings is 2. The van der Waals surface area contributed by atoms with Crippen molar-refractivity contribution in [3.8, 4) is 12.1 Å². The highest BCUT2D eigenvalue weighted by Crippen LogP contribution is 2.48. The number of nitrogens with one attached hydrogen (secondary N) is 2. The molecule has 4 aromatic heterocycles. The lowest BCUT2D eigenvalue weighted by Crippen LogP contribution is -2.26. The zero-order chi connectivity index (χ0) is 30.5. The quantitative estimate of drug-likeness (QED) is 0.233. The molecule has 0 radical (unpaired) electrons. The second-order valence-electron chi connectivity index (χ2n) is 12.2. The third-order valence-corrected chi connectivity index (χ3v) is 7.86. The van der Waals surface area contributed by atoms with Gasteiger partial charge in [0.15, 0.2) is 0 Å². The fourth-order valence-electron chi connectivity index (χ4n) is 5.32. The summed E-state index contributed by atoms with van der Waals surface area (Å²) in [6.45, 7) is 6.83. The lowest BCUT2D eigenvalue weighted by molar-refractivity contribution is 0.0593. The fourth-order valence-corrected chi connectivity index (χ4v) is 5.32. The normalized spacial score (nSPS) is 14.9. The van der Waals surface area contributed by atoms with Gasteiger partial charge in [-0.25, -0.2) is 18.4 Å². The van der Waals surface area contributed by atoms with E-state index in [1.807, 2.05) is 36.0 Å². The predicted molar refractivity (Wildman–Crippen MR) is 159 cm³/mol. The van der Waals surface area contributed by atoms with Gasteiger partial charge in [-0.05, 0) is 48.1 Å². The Balaban J connectivity index is 1.50. The summed E-state index contributed by atoms with van der Waals surface area (Å²) in [6.07, 6.45) is 4.74. The van der Waals surface area contributed by atoms with Gasteiger partial charge in [0.1, 0.15) is 29.0 Å². The van der Waals surface area contributed by atoms with Crippen LogP contribution in [0.4, 0.5) is 20.2 Å². The van der Waals surface area contributed by atoms with Crippen molar-refractivity contribution in [2.24, 2.45) is 12.5 Å². The van der Waals surface area contributed by atoms with Crippen LogP contribution in [0.1, 0.15) is 62.0 Å².